The lowest BCUT2D eigenvalue weighted by atomic mass is 9.98. The molecule has 4 rings (SSSR count). The molecule has 134 valence electrons. The van der Waals surface area contributed by atoms with Crippen molar-refractivity contribution in [1.82, 2.24) is 0 Å². The van der Waals surface area contributed by atoms with Crippen LogP contribution >= 0.6 is 0 Å². The molecule has 0 N–H and O–H groups in total. The first-order valence-corrected chi connectivity index (χ1v) is 9.41. The maximum absolute atomic E-state index is 4.97. The number of hydrogen-bond acceptors (Lipinski definition) is 1. The Labute approximate surface area is 166 Å². The summed E-state index contributed by atoms with van der Waals surface area (Å²) in [6, 6.07) is 41.5. The van der Waals surface area contributed by atoms with E-state index in [4.69, 9.17) is 4.99 Å². The van der Waals surface area contributed by atoms with E-state index >= 15 is 0 Å². The van der Waals surface area contributed by atoms with Gasteiger partial charge in [0.15, 0.2) is 0 Å². The number of benzene rings is 4. The summed E-state index contributed by atoms with van der Waals surface area (Å²) in [4.78, 5) is 4.97. The van der Waals surface area contributed by atoms with Crippen LogP contribution in [0.1, 0.15) is 22.3 Å². The van der Waals surface area contributed by atoms with Gasteiger partial charge in [-0.15, -0.1) is 0 Å². The number of rotatable bonds is 5. The summed E-state index contributed by atoms with van der Waals surface area (Å²) in [7, 11) is 0. The maximum atomic E-state index is 4.97. The van der Waals surface area contributed by atoms with Crippen LogP contribution in [0.5, 0.6) is 0 Å². The Kier molecular flexibility index (Phi) is 5.55. The van der Waals surface area contributed by atoms with E-state index in [-0.39, 0.29) is 0 Å². The van der Waals surface area contributed by atoms with Gasteiger partial charge in [-0.05, 0) is 11.1 Å². The van der Waals surface area contributed by atoms with Crippen LogP contribution in [0.3, 0.4) is 0 Å². The van der Waals surface area contributed by atoms with E-state index in [1.807, 2.05) is 54.7 Å². The molecule has 0 atom stereocenters. The number of hydrogen-bond donors (Lipinski definition) is 0. The quantitative estimate of drug-likeness (QED) is 0.355. The van der Waals surface area contributed by atoms with Crippen LogP contribution in [-0.2, 0) is 0 Å². The van der Waals surface area contributed by atoms with Crippen LogP contribution in [-0.4, -0.2) is 5.71 Å². The first-order valence-electron chi connectivity index (χ1n) is 9.41. The monoisotopic (exact) mass is 359 g/mol. The van der Waals surface area contributed by atoms with Gasteiger partial charge in [-0.25, -0.2) is 0 Å². The molecule has 0 aliphatic heterocycles. The van der Waals surface area contributed by atoms with E-state index < -0.39 is 0 Å². The van der Waals surface area contributed by atoms with Crippen molar-refractivity contribution in [3.05, 3.63) is 150 Å². The van der Waals surface area contributed by atoms with E-state index in [1.54, 1.807) is 0 Å². The van der Waals surface area contributed by atoms with Gasteiger partial charge in [0, 0.05) is 22.9 Å². The lowest BCUT2D eigenvalue weighted by Crippen LogP contribution is -2.02. The molecule has 4 aromatic carbocycles. The van der Waals surface area contributed by atoms with E-state index in [2.05, 4.69) is 72.8 Å². The highest BCUT2D eigenvalue weighted by atomic mass is 14.7. The molecule has 1 heteroatoms. The Morgan fingerprint density at radius 2 is 0.750 bits per heavy atom. The molecule has 0 fully saturated rings. The Morgan fingerprint density at radius 1 is 0.429 bits per heavy atom. The molecule has 1 nitrogen and oxygen atoms in total. The molecule has 0 spiro atoms. The van der Waals surface area contributed by atoms with Crippen LogP contribution in [0, 0.1) is 0 Å². The van der Waals surface area contributed by atoms with Crippen molar-refractivity contribution >= 4 is 11.3 Å². The molecule has 28 heavy (non-hydrogen) atoms. The van der Waals surface area contributed by atoms with Crippen molar-refractivity contribution in [1.29, 1.82) is 0 Å². The van der Waals surface area contributed by atoms with E-state index in [1.165, 1.54) is 0 Å². The van der Waals surface area contributed by atoms with Crippen LogP contribution in [0.2, 0.25) is 0 Å². The first-order chi connectivity index (χ1) is 13.9. The second-order valence-electron chi connectivity index (χ2n) is 6.48. The molecule has 4 aromatic rings. The molecular formula is C27H21N. The number of nitrogens with zero attached hydrogens (tertiary/aromatic N) is 1. The zero-order chi connectivity index (χ0) is 19.0. The molecule has 0 heterocycles. The van der Waals surface area contributed by atoms with Gasteiger partial charge >= 0.3 is 0 Å². The summed E-state index contributed by atoms with van der Waals surface area (Å²) in [5.74, 6) is 0. The zero-order valence-corrected chi connectivity index (χ0v) is 15.6. The fourth-order valence-corrected chi connectivity index (χ4v) is 3.19. The van der Waals surface area contributed by atoms with Gasteiger partial charge in [-0.1, -0.05) is 121 Å². The third-order valence-corrected chi connectivity index (χ3v) is 4.59. The zero-order valence-electron chi connectivity index (χ0n) is 15.6. The fraction of sp³-hybridized carbons (Fsp3) is 0. The van der Waals surface area contributed by atoms with Crippen molar-refractivity contribution < 1.29 is 0 Å². The molecule has 0 aliphatic rings. The van der Waals surface area contributed by atoms with Gasteiger partial charge in [-0.2, -0.15) is 0 Å². The van der Waals surface area contributed by atoms with E-state index in [0.29, 0.717) is 0 Å². The largest absolute Gasteiger partial charge is 0.255 e. The van der Waals surface area contributed by atoms with E-state index in [9.17, 15) is 0 Å². The van der Waals surface area contributed by atoms with Gasteiger partial charge in [0.05, 0.1) is 5.71 Å². The lowest BCUT2D eigenvalue weighted by molar-refractivity contribution is 1.46. The lowest BCUT2D eigenvalue weighted by Gasteiger charge is -2.09. The topological polar surface area (TPSA) is 12.4 Å². The smallest absolute Gasteiger partial charge is 0.0774 e. The molecular weight excluding hydrogens is 338 g/mol. The molecule has 0 aromatic heterocycles. The fourth-order valence-electron chi connectivity index (χ4n) is 3.19. The van der Waals surface area contributed by atoms with Crippen LogP contribution in [0.4, 0.5) is 0 Å². The SMILES string of the molecule is C(N=C(c1ccccc1)c1ccccc1)=C(c1ccccc1)c1ccccc1. The molecule has 0 radical (unpaired) electrons. The Balaban J connectivity index is 1.87. The van der Waals surface area contributed by atoms with E-state index in [0.717, 1.165) is 33.5 Å². The second-order valence-corrected chi connectivity index (χ2v) is 6.48. The summed E-state index contributed by atoms with van der Waals surface area (Å²) >= 11 is 0. The highest BCUT2D eigenvalue weighted by Gasteiger charge is 2.07. The highest BCUT2D eigenvalue weighted by Crippen LogP contribution is 2.24. The minimum atomic E-state index is 0.963. The van der Waals surface area contributed by atoms with Crippen molar-refractivity contribution in [2.75, 3.05) is 0 Å². The minimum absolute atomic E-state index is 0.963. The van der Waals surface area contributed by atoms with Crippen molar-refractivity contribution in [3.8, 4) is 0 Å². The summed E-state index contributed by atoms with van der Waals surface area (Å²) in [5.41, 5.74) is 6.57. The predicted octanol–water partition coefficient (Wildman–Crippen LogP) is 6.61. The van der Waals surface area contributed by atoms with Crippen LogP contribution in [0.25, 0.3) is 5.57 Å². The summed E-state index contributed by atoms with van der Waals surface area (Å²) < 4.78 is 0. The normalized spacial score (nSPS) is 10.1. The summed E-state index contributed by atoms with van der Waals surface area (Å²) in [5, 5.41) is 0. The third kappa shape index (κ3) is 4.16. The van der Waals surface area contributed by atoms with Gasteiger partial charge < -0.3 is 0 Å². The second kappa shape index (κ2) is 8.79. The molecule has 0 amide bonds. The van der Waals surface area contributed by atoms with Gasteiger partial charge in [-0.3, -0.25) is 4.99 Å². The molecule has 0 saturated heterocycles. The number of aliphatic imine (C=N–C) groups is 1. The first kappa shape index (κ1) is 17.7. The highest BCUT2D eigenvalue weighted by molar-refractivity contribution is 6.13. The Bertz CT molecular complexity index is 890. The molecule has 0 unspecified atom stereocenters. The molecule has 0 aliphatic carbocycles. The average Bonchev–Trinajstić information content (AvgIpc) is 2.79. The maximum Gasteiger partial charge on any atom is 0.0774 e. The third-order valence-electron chi connectivity index (χ3n) is 4.59. The van der Waals surface area contributed by atoms with Gasteiger partial charge in [0.2, 0.25) is 0 Å². The van der Waals surface area contributed by atoms with Crippen LogP contribution < -0.4 is 0 Å². The van der Waals surface area contributed by atoms with Crippen molar-refractivity contribution in [2.45, 2.75) is 0 Å². The van der Waals surface area contributed by atoms with Crippen molar-refractivity contribution in [2.24, 2.45) is 4.99 Å². The average molecular weight is 359 g/mol. The molecule has 0 bridgehead atoms. The standard InChI is InChI=1S/C27H21N/c1-5-13-22(14-6-1)26(23-15-7-2-8-16-23)21-28-27(24-17-9-3-10-18-24)25-19-11-4-12-20-25/h1-21H. The summed E-state index contributed by atoms with van der Waals surface area (Å²) in [6.45, 7) is 0. The predicted molar refractivity (Wildman–Crippen MR) is 118 cm³/mol. The van der Waals surface area contributed by atoms with Crippen molar-refractivity contribution in [3.63, 3.8) is 0 Å². The summed E-state index contributed by atoms with van der Waals surface area (Å²) in [6.07, 6.45) is 1.99. The molecule has 0 saturated carbocycles. The van der Waals surface area contributed by atoms with Crippen LogP contribution in [0.15, 0.2) is 133 Å². The van der Waals surface area contributed by atoms with Gasteiger partial charge in [0.25, 0.3) is 0 Å². The Morgan fingerprint density at radius 3 is 1.11 bits per heavy atom. The van der Waals surface area contributed by atoms with Gasteiger partial charge in [0.1, 0.15) is 0 Å². The Hall–Kier alpha value is -3.71. The minimum Gasteiger partial charge on any atom is -0.255 e.